The molecule has 2 rings (SSSR count). The zero-order valence-corrected chi connectivity index (χ0v) is 10.1. The molecule has 1 saturated carbocycles. The van der Waals surface area contributed by atoms with E-state index in [1.54, 1.807) is 24.3 Å². The minimum absolute atomic E-state index is 0.438. The van der Waals surface area contributed by atoms with Crippen molar-refractivity contribution in [3.05, 3.63) is 35.9 Å². The minimum atomic E-state index is -1.34. The molecule has 3 atom stereocenters. The third kappa shape index (κ3) is 2.17. The predicted octanol–water partition coefficient (Wildman–Crippen LogP) is 2.38. The maximum atomic E-state index is 11.4. The van der Waals surface area contributed by atoms with E-state index in [-0.39, 0.29) is 0 Å². The Bertz CT molecular complexity index is 406. The lowest BCUT2D eigenvalue weighted by molar-refractivity contribution is -0.145. The quantitative estimate of drug-likeness (QED) is 0.815. The molecule has 0 aliphatic heterocycles. The van der Waals surface area contributed by atoms with Crippen LogP contribution in [0.1, 0.15) is 30.7 Å². The summed E-state index contributed by atoms with van der Waals surface area (Å²) in [7, 11) is 0. The molecule has 1 aromatic rings. The Kier molecular flexibility index (Phi) is 3.40. The lowest BCUT2D eigenvalue weighted by Gasteiger charge is -2.32. The van der Waals surface area contributed by atoms with Gasteiger partial charge in [0.05, 0.1) is 11.0 Å². The van der Waals surface area contributed by atoms with Gasteiger partial charge in [-0.15, -0.1) is 11.6 Å². The summed E-state index contributed by atoms with van der Waals surface area (Å²) in [5.74, 6) is -1.97. The Morgan fingerprint density at radius 3 is 2.53 bits per heavy atom. The van der Waals surface area contributed by atoms with Gasteiger partial charge in [-0.2, -0.15) is 0 Å². The molecule has 1 aliphatic rings. The van der Waals surface area contributed by atoms with Gasteiger partial charge in [0.2, 0.25) is 0 Å². The van der Waals surface area contributed by atoms with Gasteiger partial charge in [-0.05, 0) is 24.8 Å². The Morgan fingerprint density at radius 2 is 2.06 bits per heavy atom. The molecule has 1 aliphatic carbocycles. The van der Waals surface area contributed by atoms with Gasteiger partial charge in [0.15, 0.2) is 0 Å². The molecule has 0 saturated heterocycles. The number of halogens is 1. The van der Waals surface area contributed by atoms with E-state index >= 15 is 0 Å². The molecule has 1 fully saturated rings. The van der Waals surface area contributed by atoms with Crippen LogP contribution in [-0.2, 0) is 4.79 Å². The normalized spacial score (nSPS) is 30.1. The van der Waals surface area contributed by atoms with Gasteiger partial charge >= 0.3 is 5.97 Å². The van der Waals surface area contributed by atoms with E-state index in [0.717, 1.165) is 6.42 Å². The topological polar surface area (TPSA) is 57.5 Å². The van der Waals surface area contributed by atoms with Crippen molar-refractivity contribution in [2.45, 2.75) is 36.2 Å². The van der Waals surface area contributed by atoms with E-state index in [9.17, 15) is 15.0 Å². The fourth-order valence-corrected chi connectivity index (χ4v) is 2.98. The van der Waals surface area contributed by atoms with Crippen molar-refractivity contribution in [2.75, 3.05) is 0 Å². The first-order chi connectivity index (χ1) is 8.05. The third-order valence-electron chi connectivity index (χ3n) is 3.46. The average molecular weight is 255 g/mol. The zero-order chi connectivity index (χ0) is 12.5. The first-order valence-electron chi connectivity index (χ1n) is 5.70. The summed E-state index contributed by atoms with van der Waals surface area (Å²) in [4.78, 5) is 11.4. The number of carbonyl (C=O) groups is 1. The van der Waals surface area contributed by atoms with Crippen molar-refractivity contribution < 1.29 is 15.0 Å². The Labute approximate surface area is 105 Å². The summed E-state index contributed by atoms with van der Waals surface area (Å²) >= 11 is 6.09. The van der Waals surface area contributed by atoms with E-state index in [0.29, 0.717) is 18.4 Å². The molecule has 0 radical (unpaired) electrons. The molecule has 3 unspecified atom stereocenters. The fourth-order valence-electron chi connectivity index (χ4n) is 2.59. The Balaban J connectivity index is 2.40. The maximum absolute atomic E-state index is 11.4. The van der Waals surface area contributed by atoms with Crippen LogP contribution in [0, 0.1) is 0 Å². The van der Waals surface area contributed by atoms with E-state index in [4.69, 9.17) is 11.6 Å². The second kappa shape index (κ2) is 4.67. The summed E-state index contributed by atoms with van der Waals surface area (Å²) in [6, 6.07) is 8.80. The number of rotatable bonds is 3. The van der Waals surface area contributed by atoms with Crippen molar-refractivity contribution in [1.29, 1.82) is 0 Å². The molecule has 3 nitrogen and oxygen atoms in total. The molecule has 2 N–H and O–H groups in total. The number of benzene rings is 1. The number of hydrogen-bond donors (Lipinski definition) is 2. The van der Waals surface area contributed by atoms with Crippen LogP contribution in [-0.4, -0.2) is 27.2 Å². The first-order valence-corrected chi connectivity index (χ1v) is 6.13. The van der Waals surface area contributed by atoms with Crippen LogP contribution in [0.3, 0.4) is 0 Å². The highest BCUT2D eigenvalue weighted by molar-refractivity contribution is 6.21. The monoisotopic (exact) mass is 254 g/mol. The van der Waals surface area contributed by atoms with E-state index in [2.05, 4.69) is 0 Å². The number of carboxylic acids is 1. The highest BCUT2D eigenvalue weighted by Crippen LogP contribution is 2.44. The highest BCUT2D eigenvalue weighted by atomic mass is 35.5. The number of alkyl halides is 1. The van der Waals surface area contributed by atoms with Gasteiger partial charge in [-0.1, -0.05) is 30.3 Å². The van der Waals surface area contributed by atoms with E-state index in [1.165, 1.54) is 0 Å². The van der Waals surface area contributed by atoms with Crippen LogP contribution in [0.4, 0.5) is 0 Å². The van der Waals surface area contributed by atoms with Gasteiger partial charge < -0.3 is 10.2 Å². The van der Waals surface area contributed by atoms with Crippen LogP contribution >= 0.6 is 11.6 Å². The highest BCUT2D eigenvalue weighted by Gasteiger charge is 2.50. The molecular formula is C13H15ClO3. The van der Waals surface area contributed by atoms with Crippen LogP contribution < -0.4 is 0 Å². The molecule has 1 aromatic carbocycles. The summed E-state index contributed by atoms with van der Waals surface area (Å²) in [6.45, 7) is 0. The third-order valence-corrected chi connectivity index (χ3v) is 4.05. The summed E-state index contributed by atoms with van der Waals surface area (Å²) in [5.41, 5.74) is -0.732. The number of aliphatic hydroxyl groups is 1. The van der Waals surface area contributed by atoms with Crippen molar-refractivity contribution in [1.82, 2.24) is 0 Å². The number of hydrogen-bond acceptors (Lipinski definition) is 2. The molecule has 4 heteroatoms. The van der Waals surface area contributed by atoms with Crippen LogP contribution in [0.15, 0.2) is 30.3 Å². The van der Waals surface area contributed by atoms with Crippen LogP contribution in [0.5, 0.6) is 0 Å². The molecule has 17 heavy (non-hydrogen) atoms. The summed E-state index contributed by atoms with van der Waals surface area (Å²) < 4.78 is 0. The van der Waals surface area contributed by atoms with Crippen molar-refractivity contribution in [3.63, 3.8) is 0 Å². The van der Waals surface area contributed by atoms with Gasteiger partial charge in [-0.3, -0.25) is 4.79 Å². The fraction of sp³-hybridized carbons (Fsp3) is 0.462. The number of aliphatic carboxylic acids is 1. The van der Waals surface area contributed by atoms with Gasteiger partial charge in [-0.25, -0.2) is 0 Å². The van der Waals surface area contributed by atoms with Gasteiger partial charge in [0.1, 0.15) is 5.92 Å². The zero-order valence-electron chi connectivity index (χ0n) is 9.34. The van der Waals surface area contributed by atoms with Gasteiger partial charge in [0, 0.05) is 0 Å². The van der Waals surface area contributed by atoms with Gasteiger partial charge in [0.25, 0.3) is 0 Å². The molecule has 0 heterocycles. The smallest absolute Gasteiger partial charge is 0.313 e. The second-order valence-corrected chi connectivity index (χ2v) is 5.06. The molecule has 0 aromatic heterocycles. The first kappa shape index (κ1) is 12.4. The van der Waals surface area contributed by atoms with Crippen LogP contribution in [0.2, 0.25) is 0 Å². The predicted molar refractivity (Wildman–Crippen MR) is 65.3 cm³/mol. The molecule has 0 amide bonds. The lowest BCUT2D eigenvalue weighted by Crippen LogP contribution is -2.44. The minimum Gasteiger partial charge on any atom is -0.481 e. The second-order valence-electron chi connectivity index (χ2n) is 4.53. The van der Waals surface area contributed by atoms with Crippen molar-refractivity contribution in [3.8, 4) is 0 Å². The van der Waals surface area contributed by atoms with E-state index in [1.807, 2.05) is 6.07 Å². The standard InChI is InChI=1S/C13H15ClO3/c14-10-7-4-8-13(10,17)11(12(15)16)9-5-2-1-3-6-9/h1-3,5-6,10-11,17H,4,7-8H2,(H,15,16). The summed E-state index contributed by atoms with van der Waals surface area (Å²) in [5, 5.41) is 19.4. The van der Waals surface area contributed by atoms with E-state index < -0.39 is 22.9 Å². The molecule has 92 valence electrons. The number of carboxylic acid groups (broad SMARTS) is 1. The van der Waals surface area contributed by atoms with Crippen molar-refractivity contribution in [2.24, 2.45) is 0 Å². The molecule has 0 spiro atoms. The van der Waals surface area contributed by atoms with Crippen molar-refractivity contribution >= 4 is 17.6 Å². The SMILES string of the molecule is O=C(O)C(c1ccccc1)C1(O)CCCC1Cl. The molecular weight excluding hydrogens is 240 g/mol. The maximum Gasteiger partial charge on any atom is 0.313 e. The average Bonchev–Trinajstić information content (AvgIpc) is 2.61. The Hall–Kier alpha value is -1.06. The largest absolute Gasteiger partial charge is 0.481 e. The Morgan fingerprint density at radius 1 is 1.41 bits per heavy atom. The summed E-state index contributed by atoms with van der Waals surface area (Å²) in [6.07, 6.45) is 1.86. The molecule has 0 bridgehead atoms. The lowest BCUT2D eigenvalue weighted by atomic mass is 9.80. The van der Waals surface area contributed by atoms with Crippen LogP contribution in [0.25, 0.3) is 0 Å².